The minimum atomic E-state index is -0.596. The van der Waals surface area contributed by atoms with Crippen LogP contribution in [0, 0.1) is 0 Å². The summed E-state index contributed by atoms with van der Waals surface area (Å²) in [4.78, 5) is 26.1. The number of hydrogen-bond acceptors (Lipinski definition) is 3. The smallest absolute Gasteiger partial charge is 0.250 e. The number of carbonyl (C=O) groups excluding carboxylic acids is 2. The van der Waals surface area contributed by atoms with E-state index in [0.29, 0.717) is 19.8 Å². The number of ether oxygens (including phenoxy) is 1. The fraction of sp³-hybridized carbons (Fsp3) is 0.467. The predicted octanol–water partition coefficient (Wildman–Crippen LogP) is 1.11. The Balaban J connectivity index is 2.15. The van der Waals surface area contributed by atoms with Gasteiger partial charge in [0.2, 0.25) is 5.91 Å². The monoisotopic (exact) mass is 276 g/mol. The SMILES string of the molecule is CCOCCN1C(=O)C(c2ccccc2)NC(=O)C1C. The van der Waals surface area contributed by atoms with E-state index < -0.39 is 12.1 Å². The average molecular weight is 276 g/mol. The molecule has 0 aromatic heterocycles. The molecule has 1 fully saturated rings. The first-order chi connectivity index (χ1) is 9.65. The van der Waals surface area contributed by atoms with Gasteiger partial charge in [0.05, 0.1) is 6.61 Å². The maximum atomic E-state index is 12.5. The first-order valence-electron chi connectivity index (χ1n) is 6.88. The Bertz CT molecular complexity index is 475. The normalized spacial score (nSPS) is 22.8. The highest BCUT2D eigenvalue weighted by Crippen LogP contribution is 2.21. The highest BCUT2D eigenvalue weighted by molar-refractivity contribution is 5.97. The number of piperazine rings is 1. The molecule has 2 rings (SSSR count). The Morgan fingerprint density at radius 3 is 2.60 bits per heavy atom. The highest BCUT2D eigenvalue weighted by Gasteiger charge is 2.38. The molecule has 0 saturated carbocycles. The molecule has 2 atom stereocenters. The number of nitrogens with one attached hydrogen (secondary N) is 1. The second-order valence-electron chi connectivity index (χ2n) is 4.76. The van der Waals surface area contributed by atoms with Crippen LogP contribution in [0.4, 0.5) is 0 Å². The van der Waals surface area contributed by atoms with Crippen molar-refractivity contribution in [2.45, 2.75) is 25.9 Å². The van der Waals surface area contributed by atoms with Crippen LogP contribution in [-0.2, 0) is 14.3 Å². The third kappa shape index (κ3) is 2.99. The van der Waals surface area contributed by atoms with Crippen LogP contribution in [0.3, 0.4) is 0 Å². The fourth-order valence-electron chi connectivity index (χ4n) is 2.31. The zero-order chi connectivity index (χ0) is 14.5. The molecule has 0 radical (unpaired) electrons. The Kier molecular flexibility index (Phi) is 4.74. The molecule has 5 heteroatoms. The number of amides is 2. The zero-order valence-corrected chi connectivity index (χ0v) is 11.8. The van der Waals surface area contributed by atoms with E-state index in [1.807, 2.05) is 37.3 Å². The number of rotatable bonds is 5. The first-order valence-corrected chi connectivity index (χ1v) is 6.88. The second kappa shape index (κ2) is 6.52. The Morgan fingerprint density at radius 1 is 1.25 bits per heavy atom. The van der Waals surface area contributed by atoms with Gasteiger partial charge in [-0.15, -0.1) is 0 Å². The Morgan fingerprint density at radius 2 is 1.95 bits per heavy atom. The summed E-state index contributed by atoms with van der Waals surface area (Å²) >= 11 is 0. The second-order valence-corrected chi connectivity index (χ2v) is 4.76. The molecule has 1 aliphatic rings. The first kappa shape index (κ1) is 14.5. The lowest BCUT2D eigenvalue weighted by Gasteiger charge is -2.37. The molecule has 1 aromatic rings. The van der Waals surface area contributed by atoms with Crippen LogP contribution in [0.5, 0.6) is 0 Å². The van der Waals surface area contributed by atoms with Gasteiger partial charge in [-0.3, -0.25) is 9.59 Å². The predicted molar refractivity (Wildman–Crippen MR) is 75.0 cm³/mol. The van der Waals surface area contributed by atoms with Crippen LogP contribution < -0.4 is 5.32 Å². The van der Waals surface area contributed by atoms with Crippen molar-refractivity contribution in [2.75, 3.05) is 19.8 Å². The lowest BCUT2D eigenvalue weighted by Crippen LogP contribution is -2.59. The standard InChI is InChI=1S/C15H20N2O3/c1-3-20-10-9-17-11(2)14(18)16-13(15(17)19)12-7-5-4-6-8-12/h4-8,11,13H,3,9-10H2,1-2H3,(H,16,18). The third-order valence-electron chi connectivity index (χ3n) is 3.48. The van der Waals surface area contributed by atoms with Crippen molar-refractivity contribution in [3.8, 4) is 0 Å². The van der Waals surface area contributed by atoms with Gasteiger partial charge >= 0.3 is 0 Å². The summed E-state index contributed by atoms with van der Waals surface area (Å²) in [7, 11) is 0. The lowest BCUT2D eigenvalue weighted by molar-refractivity contribution is -0.149. The van der Waals surface area contributed by atoms with Gasteiger partial charge in [-0.05, 0) is 19.4 Å². The summed E-state index contributed by atoms with van der Waals surface area (Å²) in [6, 6.07) is 8.24. The van der Waals surface area contributed by atoms with E-state index >= 15 is 0 Å². The van der Waals surface area contributed by atoms with Gasteiger partial charge in [-0.2, -0.15) is 0 Å². The molecule has 5 nitrogen and oxygen atoms in total. The summed E-state index contributed by atoms with van der Waals surface area (Å²) in [5, 5.41) is 2.78. The van der Waals surface area contributed by atoms with Crippen molar-refractivity contribution in [3.05, 3.63) is 35.9 Å². The Hall–Kier alpha value is -1.88. The van der Waals surface area contributed by atoms with Gasteiger partial charge in [-0.25, -0.2) is 0 Å². The van der Waals surface area contributed by atoms with Crippen molar-refractivity contribution >= 4 is 11.8 Å². The van der Waals surface area contributed by atoms with Gasteiger partial charge in [0.15, 0.2) is 0 Å². The van der Waals surface area contributed by atoms with E-state index in [-0.39, 0.29) is 11.8 Å². The van der Waals surface area contributed by atoms with E-state index in [0.717, 1.165) is 5.56 Å². The van der Waals surface area contributed by atoms with Gasteiger partial charge in [0, 0.05) is 13.2 Å². The van der Waals surface area contributed by atoms with E-state index in [2.05, 4.69) is 5.32 Å². The molecule has 2 unspecified atom stereocenters. The molecule has 2 amide bonds. The quantitative estimate of drug-likeness (QED) is 0.820. The summed E-state index contributed by atoms with van der Waals surface area (Å²) in [6.45, 7) is 5.12. The third-order valence-corrected chi connectivity index (χ3v) is 3.48. The fourth-order valence-corrected chi connectivity index (χ4v) is 2.31. The van der Waals surface area contributed by atoms with Gasteiger partial charge < -0.3 is 15.0 Å². The zero-order valence-electron chi connectivity index (χ0n) is 11.8. The molecule has 1 aromatic carbocycles. The molecule has 1 heterocycles. The van der Waals surface area contributed by atoms with E-state index in [4.69, 9.17) is 4.74 Å². The maximum absolute atomic E-state index is 12.5. The molecule has 0 spiro atoms. The number of nitrogens with zero attached hydrogens (tertiary/aromatic N) is 1. The van der Waals surface area contributed by atoms with E-state index in [1.54, 1.807) is 11.8 Å². The molecular formula is C15H20N2O3. The van der Waals surface area contributed by atoms with Gasteiger partial charge in [0.1, 0.15) is 12.1 Å². The van der Waals surface area contributed by atoms with E-state index in [1.165, 1.54) is 0 Å². The van der Waals surface area contributed by atoms with Crippen molar-refractivity contribution in [2.24, 2.45) is 0 Å². The van der Waals surface area contributed by atoms with Crippen LogP contribution in [0.15, 0.2) is 30.3 Å². The van der Waals surface area contributed by atoms with Gasteiger partial charge in [-0.1, -0.05) is 30.3 Å². The number of hydrogen-bond donors (Lipinski definition) is 1. The molecule has 1 N–H and O–H groups in total. The van der Waals surface area contributed by atoms with Crippen LogP contribution >= 0.6 is 0 Å². The topological polar surface area (TPSA) is 58.6 Å². The highest BCUT2D eigenvalue weighted by atomic mass is 16.5. The summed E-state index contributed by atoms with van der Waals surface area (Å²) in [5.41, 5.74) is 0.805. The minimum absolute atomic E-state index is 0.0806. The lowest BCUT2D eigenvalue weighted by atomic mass is 10.0. The molecule has 1 aliphatic heterocycles. The molecular weight excluding hydrogens is 256 g/mol. The average Bonchev–Trinajstić information content (AvgIpc) is 2.47. The maximum Gasteiger partial charge on any atom is 0.250 e. The van der Waals surface area contributed by atoms with Crippen LogP contribution in [0.2, 0.25) is 0 Å². The number of carbonyl (C=O) groups is 2. The van der Waals surface area contributed by atoms with Gasteiger partial charge in [0.25, 0.3) is 5.91 Å². The molecule has 0 bridgehead atoms. The Labute approximate surface area is 118 Å². The van der Waals surface area contributed by atoms with Crippen molar-refractivity contribution < 1.29 is 14.3 Å². The summed E-state index contributed by atoms with van der Waals surface area (Å²) in [6.07, 6.45) is 0. The van der Waals surface area contributed by atoms with Crippen LogP contribution in [0.25, 0.3) is 0 Å². The number of benzene rings is 1. The molecule has 1 saturated heterocycles. The molecule has 108 valence electrons. The molecule has 20 heavy (non-hydrogen) atoms. The van der Waals surface area contributed by atoms with E-state index in [9.17, 15) is 9.59 Å². The van der Waals surface area contributed by atoms with Crippen molar-refractivity contribution in [3.63, 3.8) is 0 Å². The summed E-state index contributed by atoms with van der Waals surface area (Å²) in [5.74, 6) is -0.210. The largest absolute Gasteiger partial charge is 0.380 e. The van der Waals surface area contributed by atoms with Crippen molar-refractivity contribution in [1.29, 1.82) is 0 Å². The van der Waals surface area contributed by atoms with Crippen LogP contribution in [-0.4, -0.2) is 42.5 Å². The van der Waals surface area contributed by atoms with Crippen molar-refractivity contribution in [1.82, 2.24) is 10.2 Å². The molecule has 0 aliphatic carbocycles. The minimum Gasteiger partial charge on any atom is -0.380 e. The summed E-state index contributed by atoms with van der Waals surface area (Å²) < 4.78 is 5.28. The van der Waals surface area contributed by atoms with Crippen LogP contribution in [0.1, 0.15) is 25.5 Å².